The van der Waals surface area contributed by atoms with Crippen LogP contribution in [-0.2, 0) is 4.79 Å². The molecule has 2 aromatic carbocycles. The molecule has 0 amide bonds. The Morgan fingerprint density at radius 2 is 1.88 bits per heavy atom. The smallest absolute Gasteiger partial charge is 0.352 e. The molecule has 4 nitrogen and oxygen atoms in total. The van der Waals surface area contributed by atoms with E-state index in [-0.39, 0.29) is 0 Å². The molecular weight excluding hydrogens is 368 g/mol. The van der Waals surface area contributed by atoms with Crippen molar-refractivity contribution in [2.75, 3.05) is 18.6 Å². The van der Waals surface area contributed by atoms with Crippen molar-refractivity contribution in [1.29, 1.82) is 0 Å². The molecule has 0 spiro atoms. The van der Waals surface area contributed by atoms with E-state index in [4.69, 9.17) is 14.2 Å². The summed E-state index contributed by atoms with van der Waals surface area (Å²) in [4.78, 5) is 12.4. The van der Waals surface area contributed by atoms with Crippen LogP contribution in [0.15, 0.2) is 42.5 Å². The van der Waals surface area contributed by atoms with Crippen LogP contribution >= 0.6 is 23.5 Å². The fourth-order valence-electron chi connectivity index (χ4n) is 2.60. The molecule has 1 aliphatic rings. The highest BCUT2D eigenvalue weighted by atomic mass is 32.2. The molecule has 1 heterocycles. The third-order valence-electron chi connectivity index (χ3n) is 3.93. The van der Waals surface area contributed by atoms with Gasteiger partial charge in [0.05, 0.1) is 11.7 Å². The Hall–Kier alpha value is -1.79. The normalized spacial score (nSPS) is 15.5. The van der Waals surface area contributed by atoms with Gasteiger partial charge in [-0.15, -0.1) is 23.5 Å². The summed E-state index contributed by atoms with van der Waals surface area (Å²) in [7, 11) is 1.58. The van der Waals surface area contributed by atoms with E-state index >= 15 is 0 Å². The van der Waals surface area contributed by atoms with Crippen LogP contribution in [0, 0.1) is 6.92 Å². The number of thioether (sulfide) groups is 2. The number of ether oxygens (including phenoxy) is 3. The molecule has 26 heavy (non-hydrogen) atoms. The van der Waals surface area contributed by atoms with Crippen molar-refractivity contribution >= 4 is 29.5 Å². The van der Waals surface area contributed by atoms with E-state index in [0.29, 0.717) is 21.8 Å². The summed E-state index contributed by atoms with van der Waals surface area (Å²) in [5.74, 6) is 3.47. The van der Waals surface area contributed by atoms with Gasteiger partial charge in [0.15, 0.2) is 17.6 Å². The minimum absolute atomic E-state index is 0.411. The zero-order valence-electron chi connectivity index (χ0n) is 15.1. The summed E-state index contributed by atoms with van der Waals surface area (Å²) in [6, 6.07) is 13.3. The molecule has 2 aromatic rings. The molecule has 0 aromatic heterocycles. The lowest BCUT2D eigenvalue weighted by molar-refractivity contribution is -0.141. The molecule has 6 heteroatoms. The lowest BCUT2D eigenvalue weighted by Crippen LogP contribution is -2.28. The van der Waals surface area contributed by atoms with Crippen LogP contribution in [0.3, 0.4) is 0 Å². The molecule has 0 aliphatic carbocycles. The summed E-state index contributed by atoms with van der Waals surface area (Å²) in [6.07, 6.45) is -0.720. The standard InChI is InChI=1S/C20H22O4S2/c1-13-5-4-6-16(11-13)23-14(2)19(21)24-17-8-7-15(12-18(17)22-3)20-25-9-10-26-20/h4-8,11-12,14,20H,9-10H2,1-3H3/t14-/m1/s1. The van der Waals surface area contributed by atoms with Crippen molar-refractivity contribution in [1.82, 2.24) is 0 Å². The van der Waals surface area contributed by atoms with E-state index in [9.17, 15) is 4.79 Å². The highest BCUT2D eigenvalue weighted by molar-refractivity contribution is 8.19. The van der Waals surface area contributed by atoms with E-state index in [1.165, 1.54) is 5.56 Å². The van der Waals surface area contributed by atoms with Crippen molar-refractivity contribution in [3.63, 3.8) is 0 Å². The van der Waals surface area contributed by atoms with E-state index < -0.39 is 12.1 Å². The number of esters is 1. The van der Waals surface area contributed by atoms with E-state index in [0.717, 1.165) is 17.1 Å². The fraction of sp³-hybridized carbons (Fsp3) is 0.350. The highest BCUT2D eigenvalue weighted by Gasteiger charge is 2.22. The minimum atomic E-state index is -0.720. The summed E-state index contributed by atoms with van der Waals surface area (Å²) in [6.45, 7) is 3.65. The molecule has 0 radical (unpaired) electrons. The van der Waals surface area contributed by atoms with Crippen LogP contribution in [0.2, 0.25) is 0 Å². The van der Waals surface area contributed by atoms with Crippen LogP contribution in [0.4, 0.5) is 0 Å². The number of benzene rings is 2. The predicted molar refractivity (Wildman–Crippen MR) is 108 cm³/mol. The number of aryl methyl sites for hydroxylation is 1. The van der Waals surface area contributed by atoms with Gasteiger partial charge in [0.25, 0.3) is 0 Å². The fourth-order valence-corrected chi connectivity index (χ4v) is 5.44. The zero-order valence-corrected chi connectivity index (χ0v) is 16.7. The minimum Gasteiger partial charge on any atom is -0.493 e. The van der Waals surface area contributed by atoms with Crippen LogP contribution in [0.25, 0.3) is 0 Å². The molecule has 3 rings (SSSR count). The maximum absolute atomic E-state index is 12.4. The van der Waals surface area contributed by atoms with Gasteiger partial charge in [0, 0.05) is 11.5 Å². The first-order valence-corrected chi connectivity index (χ1v) is 10.5. The van der Waals surface area contributed by atoms with Gasteiger partial charge in [-0.2, -0.15) is 0 Å². The largest absolute Gasteiger partial charge is 0.493 e. The molecule has 1 fully saturated rings. The summed E-state index contributed by atoms with van der Waals surface area (Å²) < 4.78 is 17.0. The van der Waals surface area contributed by atoms with Gasteiger partial charge >= 0.3 is 5.97 Å². The van der Waals surface area contributed by atoms with Crippen LogP contribution < -0.4 is 14.2 Å². The number of hydrogen-bond acceptors (Lipinski definition) is 6. The number of methoxy groups -OCH3 is 1. The molecular formula is C20H22O4S2. The van der Waals surface area contributed by atoms with E-state index in [1.54, 1.807) is 20.1 Å². The van der Waals surface area contributed by atoms with Crippen LogP contribution in [0.1, 0.15) is 22.6 Å². The van der Waals surface area contributed by atoms with Gasteiger partial charge < -0.3 is 14.2 Å². The predicted octanol–water partition coefficient (Wildman–Crippen LogP) is 4.86. The average molecular weight is 391 g/mol. The summed E-state index contributed by atoms with van der Waals surface area (Å²) >= 11 is 3.84. The number of hydrogen-bond donors (Lipinski definition) is 0. The Balaban J connectivity index is 1.67. The first kappa shape index (κ1) is 19.0. The van der Waals surface area contributed by atoms with Gasteiger partial charge in [0.2, 0.25) is 0 Å². The number of carbonyl (C=O) groups excluding carboxylic acids is 1. The van der Waals surface area contributed by atoms with Crippen molar-refractivity contribution < 1.29 is 19.0 Å². The molecule has 1 atom stereocenters. The van der Waals surface area contributed by atoms with Gasteiger partial charge in [0.1, 0.15) is 5.75 Å². The van der Waals surface area contributed by atoms with Crippen molar-refractivity contribution in [2.45, 2.75) is 24.5 Å². The lowest BCUT2D eigenvalue weighted by Gasteiger charge is -2.17. The maximum atomic E-state index is 12.4. The Morgan fingerprint density at radius 1 is 1.12 bits per heavy atom. The molecule has 0 unspecified atom stereocenters. The van der Waals surface area contributed by atoms with E-state index in [2.05, 4.69) is 0 Å². The molecule has 0 bridgehead atoms. The van der Waals surface area contributed by atoms with Crippen molar-refractivity contribution in [3.8, 4) is 17.2 Å². The van der Waals surface area contributed by atoms with Gasteiger partial charge in [-0.25, -0.2) is 4.79 Å². The molecule has 1 aliphatic heterocycles. The monoisotopic (exact) mass is 390 g/mol. The Bertz CT molecular complexity index is 772. The van der Waals surface area contributed by atoms with E-state index in [1.807, 2.05) is 66.8 Å². The Labute approximate surface area is 162 Å². The third-order valence-corrected chi connectivity index (χ3v) is 7.03. The zero-order chi connectivity index (χ0) is 18.5. The second-order valence-electron chi connectivity index (χ2n) is 5.98. The van der Waals surface area contributed by atoms with Crippen LogP contribution in [0.5, 0.6) is 17.2 Å². The highest BCUT2D eigenvalue weighted by Crippen LogP contribution is 2.46. The topological polar surface area (TPSA) is 44.8 Å². The lowest BCUT2D eigenvalue weighted by atomic mass is 10.2. The Kier molecular flexibility index (Phi) is 6.38. The van der Waals surface area contributed by atoms with Gasteiger partial charge in [-0.05, 0) is 49.2 Å². The number of rotatable bonds is 6. The second kappa shape index (κ2) is 8.73. The molecule has 0 saturated carbocycles. The van der Waals surface area contributed by atoms with Crippen molar-refractivity contribution in [3.05, 3.63) is 53.6 Å². The van der Waals surface area contributed by atoms with Crippen LogP contribution in [-0.4, -0.2) is 30.7 Å². The SMILES string of the molecule is COc1cc(C2SCCS2)ccc1OC(=O)[C@@H](C)Oc1cccc(C)c1. The number of carbonyl (C=O) groups is 1. The summed E-state index contributed by atoms with van der Waals surface area (Å²) in [5.41, 5.74) is 2.25. The van der Waals surface area contributed by atoms with Crippen molar-refractivity contribution in [2.24, 2.45) is 0 Å². The quantitative estimate of drug-likeness (QED) is 0.519. The molecule has 1 saturated heterocycles. The first-order valence-electron chi connectivity index (χ1n) is 8.43. The average Bonchev–Trinajstić information content (AvgIpc) is 3.16. The third kappa shape index (κ3) is 4.68. The first-order chi connectivity index (χ1) is 12.6. The second-order valence-corrected chi connectivity index (χ2v) is 8.71. The molecule has 0 N–H and O–H groups in total. The van der Waals surface area contributed by atoms with Gasteiger partial charge in [-0.3, -0.25) is 0 Å². The van der Waals surface area contributed by atoms with Gasteiger partial charge in [-0.1, -0.05) is 18.2 Å². The molecule has 138 valence electrons. The summed E-state index contributed by atoms with van der Waals surface area (Å²) in [5, 5.41) is 0. The Morgan fingerprint density at radius 3 is 2.58 bits per heavy atom. The maximum Gasteiger partial charge on any atom is 0.352 e.